The zero-order valence-corrected chi connectivity index (χ0v) is 6.92. The highest BCUT2D eigenvalue weighted by Gasteiger charge is 2.19. The molecule has 1 aromatic rings. The molecule has 0 aliphatic carbocycles. The quantitative estimate of drug-likeness (QED) is 0.771. The summed E-state index contributed by atoms with van der Waals surface area (Å²) in [4.78, 5) is 10.1. The Morgan fingerprint density at radius 1 is 1.92 bits per heavy atom. The van der Waals surface area contributed by atoms with Crippen LogP contribution in [0.1, 0.15) is 12.0 Å². The molecule has 66 valence electrons. The summed E-state index contributed by atoms with van der Waals surface area (Å²) in [5, 5.41) is 12.1. The Hall–Kier alpha value is -1.10. The fourth-order valence-electron chi connectivity index (χ4n) is 0.689. The van der Waals surface area contributed by atoms with Crippen LogP contribution in [-0.2, 0) is 4.79 Å². The first-order chi connectivity index (χ1) is 5.52. The van der Waals surface area contributed by atoms with E-state index in [0.29, 0.717) is 10.4 Å². The van der Waals surface area contributed by atoms with Gasteiger partial charge in [-0.2, -0.15) is 5.10 Å². The van der Waals surface area contributed by atoms with E-state index in [9.17, 15) is 9.18 Å². The maximum atomic E-state index is 12.7. The van der Waals surface area contributed by atoms with Crippen molar-refractivity contribution in [2.75, 3.05) is 0 Å². The molecule has 0 bridgehead atoms. The summed E-state index contributed by atoms with van der Waals surface area (Å²) >= 11 is 5.54. The smallest absolute Gasteiger partial charge is 0.361 e. The van der Waals surface area contributed by atoms with Gasteiger partial charge in [0.05, 0.1) is 10.7 Å². The highest BCUT2D eigenvalue weighted by atomic mass is 35.5. The Kier molecular flexibility index (Phi) is 2.32. The van der Waals surface area contributed by atoms with Crippen LogP contribution in [0.4, 0.5) is 4.39 Å². The first-order valence-corrected chi connectivity index (χ1v) is 3.48. The van der Waals surface area contributed by atoms with E-state index in [4.69, 9.17) is 16.7 Å². The molecule has 1 aromatic heterocycles. The monoisotopic (exact) mass is 192 g/mol. The summed E-state index contributed by atoms with van der Waals surface area (Å²) in [6.45, 7) is 1.56. The largest absolute Gasteiger partial charge is 0.478 e. The Balaban J connectivity index is 2.96. The van der Waals surface area contributed by atoms with Gasteiger partial charge in [-0.25, -0.2) is 13.9 Å². The molecule has 0 fully saturated rings. The lowest BCUT2D eigenvalue weighted by atomic mass is 10.5. The molecule has 0 aliphatic rings. The third-order valence-electron chi connectivity index (χ3n) is 1.29. The number of carboxylic acids is 1. The molecule has 0 aromatic carbocycles. The van der Waals surface area contributed by atoms with E-state index >= 15 is 0 Å². The first-order valence-electron chi connectivity index (χ1n) is 3.10. The number of rotatable bonds is 2. The zero-order chi connectivity index (χ0) is 9.30. The number of alkyl halides is 1. The van der Waals surface area contributed by atoms with Gasteiger partial charge in [-0.3, -0.25) is 0 Å². The van der Waals surface area contributed by atoms with Crippen LogP contribution in [0.25, 0.3) is 0 Å². The number of carboxylic acid groups (broad SMARTS) is 1. The van der Waals surface area contributed by atoms with Gasteiger partial charge in [0, 0.05) is 6.20 Å². The van der Waals surface area contributed by atoms with Gasteiger partial charge in [-0.15, -0.1) is 0 Å². The highest BCUT2D eigenvalue weighted by molar-refractivity contribution is 6.31. The molecular formula is C6H6ClFN2O2. The molecule has 0 saturated heterocycles. The van der Waals surface area contributed by atoms with E-state index in [2.05, 4.69) is 5.10 Å². The maximum Gasteiger partial charge on any atom is 0.361 e. The summed E-state index contributed by atoms with van der Waals surface area (Å²) < 4.78 is 13.4. The number of halogens is 2. The molecule has 0 amide bonds. The third kappa shape index (κ3) is 1.55. The van der Waals surface area contributed by atoms with Crippen LogP contribution in [0.3, 0.4) is 0 Å². The second kappa shape index (κ2) is 3.10. The van der Waals surface area contributed by atoms with Crippen LogP contribution in [0.2, 0.25) is 5.02 Å². The standard InChI is InChI=1S/C6H6ClFN2O2/c1-3-4(7)2-10(9-3)5(8)6(11)12/h2,5H,1H3,(H,11,12). The minimum absolute atomic E-state index is 0.249. The molecule has 0 aliphatic heterocycles. The van der Waals surface area contributed by atoms with Crippen LogP contribution in [0.5, 0.6) is 0 Å². The van der Waals surface area contributed by atoms with Crippen molar-refractivity contribution in [3.05, 3.63) is 16.9 Å². The fourth-order valence-corrected chi connectivity index (χ4v) is 0.826. The number of aliphatic carboxylic acids is 1. The number of hydrogen-bond donors (Lipinski definition) is 1. The highest BCUT2D eigenvalue weighted by Crippen LogP contribution is 2.16. The van der Waals surface area contributed by atoms with E-state index in [0.717, 1.165) is 6.20 Å². The predicted octanol–water partition coefficient (Wildman–Crippen LogP) is 1.40. The Morgan fingerprint density at radius 2 is 2.50 bits per heavy atom. The van der Waals surface area contributed by atoms with Gasteiger partial charge in [-0.05, 0) is 6.92 Å². The first kappa shape index (κ1) is 8.99. The molecule has 1 rings (SSSR count). The van der Waals surface area contributed by atoms with E-state index in [1.807, 2.05) is 0 Å². The molecular weight excluding hydrogens is 187 g/mol. The van der Waals surface area contributed by atoms with Gasteiger partial charge in [-0.1, -0.05) is 11.6 Å². The summed E-state index contributed by atoms with van der Waals surface area (Å²) in [6, 6.07) is 0. The van der Waals surface area contributed by atoms with Gasteiger partial charge < -0.3 is 5.11 Å². The molecule has 0 spiro atoms. The van der Waals surface area contributed by atoms with Crippen molar-refractivity contribution in [2.45, 2.75) is 13.2 Å². The second-order valence-corrected chi connectivity index (χ2v) is 2.62. The van der Waals surface area contributed by atoms with Crippen LogP contribution in [0, 0.1) is 6.92 Å². The van der Waals surface area contributed by atoms with Gasteiger partial charge in [0.1, 0.15) is 0 Å². The SMILES string of the molecule is Cc1nn(C(F)C(=O)O)cc1Cl. The molecule has 4 nitrogen and oxygen atoms in total. The van der Waals surface area contributed by atoms with E-state index < -0.39 is 12.3 Å². The topological polar surface area (TPSA) is 55.1 Å². The molecule has 1 N–H and O–H groups in total. The van der Waals surface area contributed by atoms with Crippen LogP contribution >= 0.6 is 11.6 Å². The molecule has 0 saturated carbocycles. The van der Waals surface area contributed by atoms with Gasteiger partial charge in [0.25, 0.3) is 6.30 Å². The predicted molar refractivity (Wildman–Crippen MR) is 39.8 cm³/mol. The van der Waals surface area contributed by atoms with Crippen LogP contribution in [0.15, 0.2) is 6.20 Å². The van der Waals surface area contributed by atoms with Gasteiger partial charge in [0.15, 0.2) is 0 Å². The summed E-state index contributed by atoms with van der Waals surface area (Å²) in [7, 11) is 0. The number of nitrogens with zero attached hydrogens (tertiary/aromatic N) is 2. The Bertz CT molecular complexity index is 293. The average molecular weight is 193 g/mol. The maximum absolute atomic E-state index is 12.7. The van der Waals surface area contributed by atoms with Gasteiger partial charge >= 0.3 is 5.97 Å². The molecule has 1 unspecified atom stereocenters. The molecule has 12 heavy (non-hydrogen) atoms. The van der Waals surface area contributed by atoms with Crippen molar-refractivity contribution in [3.8, 4) is 0 Å². The Labute approximate surface area is 72.6 Å². The lowest BCUT2D eigenvalue weighted by Crippen LogP contribution is -2.14. The van der Waals surface area contributed by atoms with E-state index in [-0.39, 0.29) is 5.02 Å². The summed E-state index contributed by atoms with van der Waals surface area (Å²) in [5.41, 5.74) is 0.403. The fraction of sp³-hybridized carbons (Fsp3) is 0.333. The van der Waals surface area contributed by atoms with Crippen molar-refractivity contribution in [1.82, 2.24) is 9.78 Å². The molecule has 1 heterocycles. The van der Waals surface area contributed by atoms with Crippen molar-refractivity contribution in [2.24, 2.45) is 0 Å². The van der Waals surface area contributed by atoms with Crippen molar-refractivity contribution < 1.29 is 14.3 Å². The second-order valence-electron chi connectivity index (χ2n) is 2.22. The molecule has 1 atom stereocenters. The van der Waals surface area contributed by atoms with Crippen LogP contribution < -0.4 is 0 Å². The van der Waals surface area contributed by atoms with Gasteiger partial charge in [0.2, 0.25) is 0 Å². The minimum Gasteiger partial charge on any atom is -0.478 e. The number of hydrogen-bond acceptors (Lipinski definition) is 2. The normalized spacial score (nSPS) is 12.9. The van der Waals surface area contributed by atoms with Crippen molar-refractivity contribution >= 4 is 17.6 Å². The zero-order valence-electron chi connectivity index (χ0n) is 6.16. The number of aryl methyl sites for hydroxylation is 1. The van der Waals surface area contributed by atoms with Crippen molar-refractivity contribution in [3.63, 3.8) is 0 Å². The number of aromatic nitrogens is 2. The molecule has 0 radical (unpaired) electrons. The lowest BCUT2D eigenvalue weighted by molar-refractivity contribution is -0.146. The summed E-state index contributed by atoms with van der Waals surface area (Å²) in [5.74, 6) is -1.59. The van der Waals surface area contributed by atoms with Crippen molar-refractivity contribution in [1.29, 1.82) is 0 Å². The lowest BCUT2D eigenvalue weighted by Gasteiger charge is -2.00. The van der Waals surface area contributed by atoms with E-state index in [1.165, 1.54) is 0 Å². The minimum atomic E-state index is -2.17. The van der Waals surface area contributed by atoms with E-state index in [1.54, 1.807) is 6.92 Å². The number of carbonyl (C=O) groups is 1. The Morgan fingerprint density at radius 3 is 2.83 bits per heavy atom. The molecule has 6 heteroatoms. The average Bonchev–Trinajstić information content (AvgIpc) is 2.30. The third-order valence-corrected chi connectivity index (χ3v) is 1.66. The summed E-state index contributed by atoms with van der Waals surface area (Å²) in [6.07, 6.45) is -1.04. The van der Waals surface area contributed by atoms with Crippen LogP contribution in [-0.4, -0.2) is 20.9 Å².